The molecule has 0 bridgehead atoms. The number of esters is 2. The molecule has 1 aliphatic heterocycles. The molecule has 12 heteroatoms. The molecule has 0 amide bonds. The van der Waals surface area contributed by atoms with E-state index in [2.05, 4.69) is 0 Å². The van der Waals surface area contributed by atoms with Gasteiger partial charge < -0.3 is 19.5 Å². The van der Waals surface area contributed by atoms with E-state index in [4.69, 9.17) is 9.47 Å². The van der Waals surface area contributed by atoms with Crippen molar-refractivity contribution in [3.05, 3.63) is 64.9 Å². The van der Waals surface area contributed by atoms with Gasteiger partial charge in [-0.05, 0) is 41.5 Å². The number of hydrogen-bond donors (Lipinski definition) is 1. The number of aliphatic hydroxyl groups is 1. The molecule has 1 aromatic rings. The number of hydrogen-bond acceptors (Lipinski definition) is 10. The van der Waals surface area contributed by atoms with Gasteiger partial charge in [0.1, 0.15) is 13.2 Å². The van der Waals surface area contributed by atoms with Gasteiger partial charge in [-0.25, -0.2) is 26.4 Å². The number of nitrogens with zero attached hydrogens (tertiary/aromatic N) is 1. The van der Waals surface area contributed by atoms with Gasteiger partial charge in [0.05, 0.1) is 35.3 Å². The SMILES string of the molecule is CN1C=C(C(=O)OCCS(C)(=O)=O)C(C(=O)OCCS(C)(=O)=O)=CC(c2ccc(CO)cc2)=CC1C1CC1. The van der Waals surface area contributed by atoms with Gasteiger partial charge in [0.15, 0.2) is 19.7 Å². The Kier molecular flexibility index (Phi) is 9.55. The van der Waals surface area contributed by atoms with Gasteiger partial charge in [-0.1, -0.05) is 30.3 Å². The first-order valence-corrected chi connectivity index (χ1v) is 16.2. The van der Waals surface area contributed by atoms with Crippen molar-refractivity contribution >= 4 is 37.2 Å². The van der Waals surface area contributed by atoms with Gasteiger partial charge in [-0.3, -0.25) is 0 Å². The summed E-state index contributed by atoms with van der Waals surface area (Å²) in [6.45, 7) is -0.935. The third kappa shape index (κ3) is 8.81. The van der Waals surface area contributed by atoms with Gasteiger partial charge in [0, 0.05) is 25.8 Å². The monoisotopic (exact) mass is 567 g/mol. The molecule has 1 unspecified atom stereocenters. The summed E-state index contributed by atoms with van der Waals surface area (Å²) in [5.41, 5.74) is 1.78. The summed E-state index contributed by atoms with van der Waals surface area (Å²) < 4.78 is 56.5. The largest absolute Gasteiger partial charge is 0.461 e. The normalized spacial score (nSPS) is 18.5. The first kappa shape index (κ1) is 29.6. The van der Waals surface area contributed by atoms with Gasteiger partial charge >= 0.3 is 11.9 Å². The number of likely N-dealkylation sites (N-methyl/N-ethyl adjacent to an activating group) is 1. The summed E-state index contributed by atoms with van der Waals surface area (Å²) >= 11 is 0. The van der Waals surface area contributed by atoms with E-state index < -0.39 is 50.6 Å². The molecule has 38 heavy (non-hydrogen) atoms. The number of rotatable bonds is 11. The van der Waals surface area contributed by atoms with E-state index in [0.717, 1.165) is 30.9 Å². The molecule has 0 radical (unpaired) electrons. The predicted octanol–water partition coefficient (Wildman–Crippen LogP) is 1.27. The molecule has 1 saturated carbocycles. The fourth-order valence-electron chi connectivity index (χ4n) is 3.89. The molecule has 0 spiro atoms. The minimum absolute atomic E-state index is 0.0969. The Hall–Kier alpha value is -2.96. The van der Waals surface area contributed by atoms with Crippen LogP contribution in [0.1, 0.15) is 24.0 Å². The van der Waals surface area contributed by atoms with E-state index in [1.807, 2.05) is 11.0 Å². The van der Waals surface area contributed by atoms with E-state index in [0.29, 0.717) is 17.1 Å². The third-order valence-corrected chi connectivity index (χ3v) is 7.95. The number of benzene rings is 1. The molecule has 0 aromatic heterocycles. The van der Waals surface area contributed by atoms with Crippen molar-refractivity contribution in [2.45, 2.75) is 25.5 Å². The molecular formula is C26H33NO9S2. The highest BCUT2D eigenvalue weighted by atomic mass is 32.2. The molecule has 1 aromatic carbocycles. The van der Waals surface area contributed by atoms with Crippen molar-refractivity contribution in [1.82, 2.24) is 4.90 Å². The predicted molar refractivity (Wildman–Crippen MR) is 142 cm³/mol. The Balaban J connectivity index is 2.06. The highest BCUT2D eigenvalue weighted by Crippen LogP contribution is 2.39. The van der Waals surface area contributed by atoms with E-state index in [1.165, 1.54) is 12.3 Å². The van der Waals surface area contributed by atoms with Crippen LogP contribution < -0.4 is 0 Å². The first-order chi connectivity index (χ1) is 17.8. The second-order valence-corrected chi connectivity index (χ2v) is 14.1. The molecule has 2 aliphatic rings. The zero-order valence-electron chi connectivity index (χ0n) is 21.6. The zero-order valence-corrected chi connectivity index (χ0v) is 23.3. The van der Waals surface area contributed by atoms with Crippen molar-refractivity contribution in [3.8, 4) is 0 Å². The smallest absolute Gasteiger partial charge is 0.340 e. The second kappa shape index (κ2) is 12.3. The zero-order chi connectivity index (χ0) is 28.1. The minimum atomic E-state index is -3.40. The van der Waals surface area contributed by atoms with Crippen molar-refractivity contribution in [3.63, 3.8) is 0 Å². The molecule has 1 atom stereocenters. The highest BCUT2D eigenvalue weighted by molar-refractivity contribution is 7.90. The van der Waals surface area contributed by atoms with Crippen LogP contribution in [0.4, 0.5) is 0 Å². The van der Waals surface area contributed by atoms with Crippen LogP contribution in [0.15, 0.2) is 53.8 Å². The number of allylic oxidation sites excluding steroid dienone is 2. The third-order valence-electron chi connectivity index (χ3n) is 6.13. The van der Waals surface area contributed by atoms with Crippen LogP contribution in [0.5, 0.6) is 0 Å². The lowest BCUT2D eigenvalue weighted by molar-refractivity contribution is -0.142. The summed E-state index contributed by atoms with van der Waals surface area (Å²) in [6.07, 6.45) is 9.01. The fraction of sp³-hybridized carbons (Fsp3) is 0.462. The number of sulfone groups is 2. The average Bonchev–Trinajstić information content (AvgIpc) is 3.65. The molecule has 1 N–H and O–H groups in total. The van der Waals surface area contributed by atoms with Crippen molar-refractivity contribution in [2.24, 2.45) is 5.92 Å². The standard InChI is InChI=1S/C26H33NO9S2/c1-27-16-23(26(30)36-11-13-38(3,33)34)22(25(29)35-10-12-37(2,31)32)14-21(15-24(27)20-8-9-20)19-6-4-18(17-28)5-7-19/h4-7,14-16,20,24,28H,8-13,17H2,1-3H3. The first-order valence-electron chi connectivity index (χ1n) is 12.0. The average molecular weight is 568 g/mol. The maximum absolute atomic E-state index is 13.2. The molecule has 1 heterocycles. The van der Waals surface area contributed by atoms with Crippen LogP contribution in [0.2, 0.25) is 0 Å². The van der Waals surface area contributed by atoms with Gasteiger partial charge in [0.25, 0.3) is 0 Å². The maximum Gasteiger partial charge on any atom is 0.340 e. The molecule has 3 rings (SSSR count). The van der Waals surface area contributed by atoms with E-state index in [-0.39, 0.29) is 29.5 Å². The Labute approximate surface area is 223 Å². The lowest BCUT2D eigenvalue weighted by atomic mass is 9.93. The molecule has 208 valence electrons. The van der Waals surface area contributed by atoms with Gasteiger partial charge in [0.2, 0.25) is 0 Å². The summed E-state index contributed by atoms with van der Waals surface area (Å²) in [5, 5.41) is 9.42. The van der Waals surface area contributed by atoms with Crippen LogP contribution in [0.3, 0.4) is 0 Å². The second-order valence-electron chi connectivity index (χ2n) is 9.60. The fourth-order valence-corrected chi connectivity index (χ4v) is 4.66. The highest BCUT2D eigenvalue weighted by Gasteiger charge is 2.35. The number of aliphatic hydroxyl groups excluding tert-OH is 1. The quantitative estimate of drug-likeness (QED) is 0.388. The van der Waals surface area contributed by atoms with Gasteiger partial charge in [-0.2, -0.15) is 0 Å². The lowest BCUT2D eigenvalue weighted by Crippen LogP contribution is -2.31. The summed E-state index contributed by atoms with van der Waals surface area (Å²) in [4.78, 5) is 28.2. The van der Waals surface area contributed by atoms with E-state index in [9.17, 15) is 31.5 Å². The van der Waals surface area contributed by atoms with Crippen LogP contribution in [-0.4, -0.2) is 89.1 Å². The van der Waals surface area contributed by atoms with Crippen LogP contribution >= 0.6 is 0 Å². The molecule has 1 fully saturated rings. The van der Waals surface area contributed by atoms with E-state index in [1.54, 1.807) is 31.3 Å². The Bertz CT molecular complexity index is 1350. The Morgan fingerprint density at radius 2 is 1.45 bits per heavy atom. The number of ether oxygens (including phenoxy) is 2. The van der Waals surface area contributed by atoms with Crippen molar-refractivity contribution < 1.29 is 41.0 Å². The molecule has 10 nitrogen and oxygen atoms in total. The van der Waals surface area contributed by atoms with Crippen LogP contribution in [0.25, 0.3) is 5.57 Å². The summed E-state index contributed by atoms with van der Waals surface area (Å²) in [6, 6.07) is 6.98. The maximum atomic E-state index is 13.2. The molecule has 1 aliphatic carbocycles. The molecular weight excluding hydrogens is 534 g/mol. The molecule has 0 saturated heterocycles. The number of carbonyl (C=O) groups excluding carboxylic acids is 2. The van der Waals surface area contributed by atoms with Crippen molar-refractivity contribution in [2.75, 3.05) is 44.3 Å². The Morgan fingerprint density at radius 1 is 0.921 bits per heavy atom. The summed E-state index contributed by atoms with van der Waals surface area (Å²) in [5.74, 6) is -2.26. The van der Waals surface area contributed by atoms with Crippen LogP contribution in [-0.2, 0) is 45.3 Å². The van der Waals surface area contributed by atoms with Crippen LogP contribution in [0, 0.1) is 5.92 Å². The summed E-state index contributed by atoms with van der Waals surface area (Å²) in [7, 11) is -5.02. The lowest BCUT2D eigenvalue weighted by Gasteiger charge is -2.28. The minimum Gasteiger partial charge on any atom is -0.461 e. The number of carbonyl (C=O) groups is 2. The van der Waals surface area contributed by atoms with E-state index >= 15 is 0 Å². The topological polar surface area (TPSA) is 144 Å². The van der Waals surface area contributed by atoms with Crippen molar-refractivity contribution in [1.29, 1.82) is 0 Å². The van der Waals surface area contributed by atoms with Gasteiger partial charge in [-0.15, -0.1) is 0 Å². The Morgan fingerprint density at radius 3 is 1.92 bits per heavy atom.